The maximum absolute atomic E-state index is 7.00. The molecule has 0 spiro atoms. The average Bonchev–Trinajstić information content (AvgIpc) is 1.69. The monoisotopic (exact) mass is 170 g/mol. The number of nitrogens with one attached hydrogen (secondary N) is 1. The SMILES string of the molecule is [CH3-].[CH3-].[NH-]c1ccccc1.[Ti+3]. The van der Waals surface area contributed by atoms with Crippen molar-refractivity contribution in [1.29, 1.82) is 0 Å². The minimum atomic E-state index is 0. The number of hydrogen-bond donors (Lipinski definition) is 0. The molecule has 10 heavy (non-hydrogen) atoms. The van der Waals surface area contributed by atoms with Crippen molar-refractivity contribution in [1.82, 2.24) is 0 Å². The van der Waals surface area contributed by atoms with Gasteiger partial charge in [-0.15, -0.1) is 5.69 Å². The Hall–Kier alpha value is -0.266. The first-order valence-corrected chi connectivity index (χ1v) is 2.16. The van der Waals surface area contributed by atoms with Gasteiger partial charge in [0, 0.05) is 0 Å². The van der Waals surface area contributed by atoms with Crippen LogP contribution in [-0.2, 0) is 21.7 Å². The van der Waals surface area contributed by atoms with E-state index < -0.39 is 0 Å². The molecule has 0 aromatic heterocycles. The minimum absolute atomic E-state index is 0. The Balaban J connectivity index is -0.000000163. The van der Waals surface area contributed by atoms with E-state index in [-0.39, 0.29) is 36.6 Å². The van der Waals surface area contributed by atoms with Crippen molar-refractivity contribution in [3.05, 3.63) is 50.9 Å². The number of rotatable bonds is 0. The molecule has 0 bridgehead atoms. The molecule has 1 aromatic carbocycles. The van der Waals surface area contributed by atoms with Gasteiger partial charge in [-0.25, -0.2) is 0 Å². The maximum atomic E-state index is 7.00. The van der Waals surface area contributed by atoms with Crippen LogP contribution in [0.4, 0.5) is 5.69 Å². The van der Waals surface area contributed by atoms with Gasteiger partial charge in [-0.2, -0.15) is 0 Å². The predicted octanol–water partition coefficient (Wildman–Crippen LogP) is 3.27. The standard InChI is InChI=1S/C6H6N.2CH3.Ti/c7-6-4-2-1-3-5-6;;;/h1-5,7H;2*1H3;/q3*-1;+3. The third-order valence-electron chi connectivity index (χ3n) is 0.774. The molecule has 0 heterocycles. The van der Waals surface area contributed by atoms with Gasteiger partial charge < -0.3 is 20.6 Å². The van der Waals surface area contributed by atoms with E-state index in [1.165, 1.54) is 0 Å². The van der Waals surface area contributed by atoms with Gasteiger partial charge in [0.2, 0.25) is 0 Å². The zero-order valence-corrected chi connectivity index (χ0v) is 7.95. The Kier molecular flexibility index (Phi) is 14.3. The van der Waals surface area contributed by atoms with Crippen LogP contribution in [0, 0.1) is 14.9 Å². The molecular weight excluding hydrogens is 158 g/mol. The van der Waals surface area contributed by atoms with Crippen molar-refractivity contribution in [2.45, 2.75) is 0 Å². The quantitative estimate of drug-likeness (QED) is 0.421. The van der Waals surface area contributed by atoms with Gasteiger partial charge in [-0.3, -0.25) is 0 Å². The van der Waals surface area contributed by atoms with Gasteiger partial charge in [0.25, 0.3) is 0 Å². The smallest absolute Gasteiger partial charge is 0.699 e. The Morgan fingerprint density at radius 2 is 1.30 bits per heavy atom. The van der Waals surface area contributed by atoms with E-state index in [2.05, 4.69) is 0 Å². The molecule has 1 radical (unpaired) electrons. The van der Waals surface area contributed by atoms with E-state index in [0.717, 1.165) is 0 Å². The normalized spacial score (nSPS) is 6.00. The van der Waals surface area contributed by atoms with E-state index >= 15 is 0 Å². The summed E-state index contributed by atoms with van der Waals surface area (Å²) in [6.45, 7) is 0. The summed E-state index contributed by atoms with van der Waals surface area (Å²) in [6.07, 6.45) is 0. The van der Waals surface area contributed by atoms with Crippen molar-refractivity contribution in [2.75, 3.05) is 0 Å². The molecule has 0 unspecified atom stereocenters. The number of benzene rings is 1. The minimum Gasteiger partial charge on any atom is -0.699 e. The molecule has 0 saturated carbocycles. The Labute approximate surface area is 78.5 Å². The summed E-state index contributed by atoms with van der Waals surface area (Å²) >= 11 is 0. The van der Waals surface area contributed by atoms with Gasteiger partial charge in [-0.1, -0.05) is 30.3 Å². The molecule has 1 rings (SSSR count). The molecule has 2 heteroatoms. The molecule has 0 saturated heterocycles. The van der Waals surface area contributed by atoms with E-state index in [4.69, 9.17) is 5.73 Å². The molecule has 0 amide bonds. The van der Waals surface area contributed by atoms with Gasteiger partial charge >= 0.3 is 21.7 Å². The van der Waals surface area contributed by atoms with Crippen molar-refractivity contribution >= 4 is 5.69 Å². The Bertz CT molecular complexity index is 139. The zero-order chi connectivity index (χ0) is 5.11. The van der Waals surface area contributed by atoms with Crippen molar-refractivity contribution in [3.63, 3.8) is 0 Å². The van der Waals surface area contributed by atoms with E-state index in [1.807, 2.05) is 18.2 Å². The van der Waals surface area contributed by atoms with Crippen LogP contribution in [0.2, 0.25) is 0 Å². The Morgan fingerprint density at radius 3 is 1.50 bits per heavy atom. The van der Waals surface area contributed by atoms with Crippen LogP contribution in [-0.4, -0.2) is 0 Å². The van der Waals surface area contributed by atoms with Crippen molar-refractivity contribution < 1.29 is 21.7 Å². The molecule has 0 fully saturated rings. The summed E-state index contributed by atoms with van der Waals surface area (Å²) in [6, 6.07) is 9.10. The fraction of sp³-hybridized carbons (Fsp3) is 0. The fourth-order valence-corrected chi connectivity index (χ4v) is 0.438. The Morgan fingerprint density at radius 1 is 0.900 bits per heavy atom. The van der Waals surface area contributed by atoms with Gasteiger partial charge in [-0.05, 0) is 0 Å². The molecule has 0 aliphatic carbocycles. The van der Waals surface area contributed by atoms with Crippen LogP contribution in [0.1, 0.15) is 0 Å². The summed E-state index contributed by atoms with van der Waals surface area (Å²) in [7, 11) is 0. The largest absolute Gasteiger partial charge is 3.00 e. The summed E-state index contributed by atoms with van der Waals surface area (Å²) < 4.78 is 0. The van der Waals surface area contributed by atoms with Gasteiger partial charge in [0.05, 0.1) is 0 Å². The van der Waals surface area contributed by atoms with Crippen molar-refractivity contribution in [3.8, 4) is 0 Å². The summed E-state index contributed by atoms with van der Waals surface area (Å²) in [5.41, 5.74) is 7.57. The predicted molar refractivity (Wildman–Crippen MR) is 43.3 cm³/mol. The van der Waals surface area contributed by atoms with Crippen LogP contribution in [0.5, 0.6) is 0 Å². The fourth-order valence-electron chi connectivity index (χ4n) is 0.438. The maximum Gasteiger partial charge on any atom is 3.00 e. The average molecular weight is 170 g/mol. The second-order valence-electron chi connectivity index (χ2n) is 1.37. The third kappa shape index (κ3) is 5.86. The van der Waals surface area contributed by atoms with E-state index in [1.54, 1.807) is 12.1 Å². The summed E-state index contributed by atoms with van der Waals surface area (Å²) in [5, 5.41) is 0. The molecule has 1 aromatic rings. The van der Waals surface area contributed by atoms with Crippen molar-refractivity contribution in [2.24, 2.45) is 0 Å². The first kappa shape index (κ1) is 16.4. The second-order valence-corrected chi connectivity index (χ2v) is 1.37. The molecule has 1 N–H and O–H groups in total. The molecule has 53 valence electrons. The first-order chi connectivity index (χ1) is 3.39. The molecule has 0 atom stereocenters. The van der Waals surface area contributed by atoms with Crippen LogP contribution in [0.15, 0.2) is 30.3 Å². The zero-order valence-electron chi connectivity index (χ0n) is 6.39. The van der Waals surface area contributed by atoms with Crippen LogP contribution >= 0.6 is 0 Å². The third-order valence-corrected chi connectivity index (χ3v) is 0.774. The molecule has 0 aliphatic rings. The van der Waals surface area contributed by atoms with E-state index in [0.29, 0.717) is 5.69 Å². The van der Waals surface area contributed by atoms with E-state index in [9.17, 15) is 0 Å². The summed E-state index contributed by atoms with van der Waals surface area (Å²) in [5.74, 6) is 0. The van der Waals surface area contributed by atoms with Crippen LogP contribution in [0.3, 0.4) is 0 Å². The molecule has 0 aliphatic heterocycles. The van der Waals surface area contributed by atoms with Crippen LogP contribution in [0.25, 0.3) is 5.73 Å². The topological polar surface area (TPSA) is 23.8 Å². The second kappa shape index (κ2) is 8.73. The van der Waals surface area contributed by atoms with Crippen LogP contribution < -0.4 is 0 Å². The van der Waals surface area contributed by atoms with Gasteiger partial charge in [0.1, 0.15) is 0 Å². The van der Waals surface area contributed by atoms with Gasteiger partial charge in [0.15, 0.2) is 0 Å². The molecule has 1 nitrogen and oxygen atoms in total. The summed E-state index contributed by atoms with van der Waals surface area (Å²) in [4.78, 5) is 0. The number of hydrogen-bond acceptors (Lipinski definition) is 0. The molecular formula is C8H12NTi. The first-order valence-electron chi connectivity index (χ1n) is 2.16.